The molecule has 1 unspecified atom stereocenters. The van der Waals surface area contributed by atoms with E-state index in [4.69, 9.17) is 0 Å². The van der Waals surface area contributed by atoms with Crippen LogP contribution < -0.4 is 15.4 Å². The molecule has 2 N–H and O–H groups in total. The van der Waals surface area contributed by atoms with Crippen LogP contribution in [0.4, 0.5) is 8.78 Å². The van der Waals surface area contributed by atoms with Crippen LogP contribution in [0.15, 0.2) is 36.4 Å². The Bertz CT molecular complexity index is 673. The van der Waals surface area contributed by atoms with Gasteiger partial charge < -0.3 is 15.4 Å². The van der Waals surface area contributed by atoms with Gasteiger partial charge in [0.05, 0.1) is 4.88 Å². The Balaban J connectivity index is 0.00000208. The minimum Gasteiger partial charge on any atom is -0.435 e. The monoisotopic (exact) mass is 374 g/mol. The highest BCUT2D eigenvalue weighted by Crippen LogP contribution is 2.29. The van der Waals surface area contributed by atoms with Crippen LogP contribution >= 0.6 is 23.7 Å². The maximum Gasteiger partial charge on any atom is 0.387 e. The average molecular weight is 375 g/mol. The number of amides is 1. The minimum atomic E-state index is -2.83. The van der Waals surface area contributed by atoms with E-state index in [0.717, 1.165) is 30.0 Å². The molecule has 0 aliphatic carbocycles. The Hall–Kier alpha value is -1.70. The fourth-order valence-corrected chi connectivity index (χ4v) is 3.36. The van der Waals surface area contributed by atoms with Crippen molar-refractivity contribution >= 4 is 29.7 Å². The molecule has 1 saturated heterocycles. The Morgan fingerprint density at radius 1 is 1.25 bits per heavy atom. The predicted octanol–water partition coefficient (Wildman–Crippen LogP) is 3.53. The minimum absolute atomic E-state index is 0. The second kappa shape index (κ2) is 8.41. The summed E-state index contributed by atoms with van der Waals surface area (Å²) in [5.74, 6) is 0.0413. The maximum absolute atomic E-state index is 12.2. The lowest BCUT2D eigenvalue weighted by Gasteiger charge is -2.09. The standard InChI is InChI=1S/C16H16F2N2O2S.ClH/c17-16(18)22-12-3-1-10(2-4-12)13-5-6-14(23-13)15(21)20-11-7-8-19-9-11;/h1-6,11,16,19H,7-9H2,(H,20,21);1H. The van der Waals surface area contributed by atoms with Gasteiger partial charge in [-0.2, -0.15) is 8.78 Å². The SMILES string of the molecule is Cl.O=C(NC1CCNC1)c1ccc(-c2ccc(OC(F)F)cc2)s1. The summed E-state index contributed by atoms with van der Waals surface area (Å²) < 4.78 is 28.6. The Morgan fingerprint density at radius 3 is 2.62 bits per heavy atom. The first-order chi connectivity index (χ1) is 11.1. The van der Waals surface area contributed by atoms with E-state index in [1.54, 1.807) is 18.2 Å². The van der Waals surface area contributed by atoms with Crippen molar-refractivity contribution in [3.8, 4) is 16.2 Å². The summed E-state index contributed by atoms with van der Waals surface area (Å²) in [6, 6.07) is 10.2. The number of halogens is 3. The van der Waals surface area contributed by atoms with Crippen molar-refractivity contribution in [1.29, 1.82) is 0 Å². The summed E-state index contributed by atoms with van der Waals surface area (Å²) in [5, 5.41) is 6.20. The summed E-state index contributed by atoms with van der Waals surface area (Å²) in [6.45, 7) is -1.11. The molecule has 1 fully saturated rings. The lowest BCUT2D eigenvalue weighted by molar-refractivity contribution is -0.0498. The highest BCUT2D eigenvalue weighted by atomic mass is 35.5. The molecule has 1 aromatic heterocycles. The van der Waals surface area contributed by atoms with Crippen LogP contribution in [0.3, 0.4) is 0 Å². The van der Waals surface area contributed by atoms with Crippen LogP contribution in [0.2, 0.25) is 0 Å². The van der Waals surface area contributed by atoms with E-state index in [1.807, 2.05) is 6.07 Å². The van der Waals surface area contributed by atoms with Gasteiger partial charge in [-0.3, -0.25) is 4.79 Å². The molecule has 1 amide bonds. The summed E-state index contributed by atoms with van der Waals surface area (Å²) in [5.41, 5.74) is 0.859. The first kappa shape index (κ1) is 18.6. The number of nitrogens with one attached hydrogen (secondary N) is 2. The molecule has 2 aromatic rings. The molecule has 1 atom stereocenters. The Labute approximate surface area is 148 Å². The highest BCUT2D eigenvalue weighted by Gasteiger charge is 2.18. The summed E-state index contributed by atoms with van der Waals surface area (Å²) in [7, 11) is 0. The molecule has 24 heavy (non-hydrogen) atoms. The van der Waals surface area contributed by atoms with Gasteiger partial charge in [0.1, 0.15) is 5.75 Å². The molecule has 8 heteroatoms. The molecule has 1 aliphatic heterocycles. The topological polar surface area (TPSA) is 50.4 Å². The number of carbonyl (C=O) groups excluding carboxylic acids is 1. The molecule has 130 valence electrons. The van der Waals surface area contributed by atoms with Gasteiger partial charge in [0.15, 0.2) is 0 Å². The van der Waals surface area contributed by atoms with E-state index in [1.165, 1.54) is 23.5 Å². The van der Waals surface area contributed by atoms with Gasteiger partial charge in [-0.25, -0.2) is 0 Å². The van der Waals surface area contributed by atoms with E-state index in [9.17, 15) is 13.6 Å². The normalized spacial score (nSPS) is 16.7. The molecule has 0 saturated carbocycles. The van der Waals surface area contributed by atoms with E-state index < -0.39 is 6.61 Å². The number of carbonyl (C=O) groups is 1. The van der Waals surface area contributed by atoms with Crippen LogP contribution in [0.25, 0.3) is 10.4 Å². The number of thiophene rings is 1. The number of hydrogen-bond donors (Lipinski definition) is 2. The number of benzene rings is 1. The van der Waals surface area contributed by atoms with Crippen molar-refractivity contribution in [3.63, 3.8) is 0 Å². The third-order valence-corrected chi connectivity index (χ3v) is 4.72. The zero-order chi connectivity index (χ0) is 16.2. The molecule has 0 bridgehead atoms. The van der Waals surface area contributed by atoms with Crippen molar-refractivity contribution in [2.75, 3.05) is 13.1 Å². The molecular weight excluding hydrogens is 358 g/mol. The van der Waals surface area contributed by atoms with Gasteiger partial charge in [-0.15, -0.1) is 23.7 Å². The molecule has 1 aromatic carbocycles. The largest absolute Gasteiger partial charge is 0.435 e. The van der Waals surface area contributed by atoms with Gasteiger partial charge in [0.2, 0.25) is 0 Å². The zero-order valence-corrected chi connectivity index (χ0v) is 14.3. The van der Waals surface area contributed by atoms with Gasteiger partial charge in [-0.1, -0.05) is 0 Å². The second-order valence-electron chi connectivity index (χ2n) is 5.23. The molecule has 0 radical (unpaired) electrons. The molecule has 0 spiro atoms. The first-order valence-corrected chi connectivity index (χ1v) is 8.10. The molecule has 1 aliphatic rings. The third kappa shape index (κ3) is 4.66. The zero-order valence-electron chi connectivity index (χ0n) is 12.6. The fourth-order valence-electron chi connectivity index (χ4n) is 2.45. The lowest BCUT2D eigenvalue weighted by atomic mass is 10.2. The fraction of sp³-hybridized carbons (Fsp3) is 0.312. The van der Waals surface area contributed by atoms with Crippen LogP contribution in [0.1, 0.15) is 16.1 Å². The molecule has 2 heterocycles. The van der Waals surface area contributed by atoms with Crippen molar-refractivity contribution in [1.82, 2.24) is 10.6 Å². The number of alkyl halides is 2. The smallest absolute Gasteiger partial charge is 0.387 e. The third-order valence-electron chi connectivity index (χ3n) is 3.59. The van der Waals surface area contributed by atoms with E-state index in [2.05, 4.69) is 15.4 Å². The maximum atomic E-state index is 12.2. The first-order valence-electron chi connectivity index (χ1n) is 7.28. The summed E-state index contributed by atoms with van der Waals surface area (Å²) >= 11 is 1.38. The van der Waals surface area contributed by atoms with Crippen LogP contribution in [0, 0.1) is 0 Å². The van der Waals surface area contributed by atoms with Crippen molar-refractivity contribution in [2.45, 2.75) is 19.1 Å². The van der Waals surface area contributed by atoms with Gasteiger partial charge in [0, 0.05) is 17.5 Å². The number of hydrogen-bond acceptors (Lipinski definition) is 4. The van der Waals surface area contributed by atoms with E-state index in [-0.39, 0.29) is 30.1 Å². The van der Waals surface area contributed by atoms with E-state index in [0.29, 0.717) is 4.88 Å². The van der Waals surface area contributed by atoms with Crippen LogP contribution in [0.5, 0.6) is 5.75 Å². The van der Waals surface area contributed by atoms with Crippen molar-refractivity contribution in [3.05, 3.63) is 41.3 Å². The molecular formula is C16H17ClF2N2O2S. The van der Waals surface area contributed by atoms with E-state index >= 15 is 0 Å². The predicted molar refractivity (Wildman–Crippen MR) is 92.4 cm³/mol. The van der Waals surface area contributed by atoms with Crippen molar-refractivity contribution in [2.24, 2.45) is 0 Å². The summed E-state index contributed by atoms with van der Waals surface area (Å²) in [4.78, 5) is 13.7. The second-order valence-corrected chi connectivity index (χ2v) is 6.31. The van der Waals surface area contributed by atoms with Gasteiger partial charge in [-0.05, 0) is 54.9 Å². The highest BCUT2D eigenvalue weighted by molar-refractivity contribution is 7.17. The quantitative estimate of drug-likeness (QED) is 0.841. The molecule has 4 nitrogen and oxygen atoms in total. The van der Waals surface area contributed by atoms with Crippen LogP contribution in [-0.2, 0) is 0 Å². The average Bonchev–Trinajstić information content (AvgIpc) is 3.18. The molecule has 3 rings (SSSR count). The lowest BCUT2D eigenvalue weighted by Crippen LogP contribution is -2.35. The Kier molecular flexibility index (Phi) is 6.53. The number of rotatable bonds is 5. The van der Waals surface area contributed by atoms with Gasteiger partial charge >= 0.3 is 6.61 Å². The van der Waals surface area contributed by atoms with Gasteiger partial charge in [0.25, 0.3) is 5.91 Å². The number of ether oxygens (including phenoxy) is 1. The van der Waals surface area contributed by atoms with Crippen molar-refractivity contribution < 1.29 is 18.3 Å². The van der Waals surface area contributed by atoms with Crippen LogP contribution in [-0.4, -0.2) is 31.7 Å². The summed E-state index contributed by atoms with van der Waals surface area (Å²) in [6.07, 6.45) is 0.940. The Morgan fingerprint density at radius 2 is 2.00 bits per heavy atom.